The Morgan fingerprint density at radius 1 is 1.22 bits per heavy atom. The van der Waals surface area contributed by atoms with Crippen LogP contribution in [0.3, 0.4) is 0 Å². The van der Waals surface area contributed by atoms with E-state index in [9.17, 15) is 14.4 Å². The third-order valence-corrected chi connectivity index (χ3v) is 2.47. The molecular formula is C11H20N2O5. The Labute approximate surface area is 105 Å². The van der Waals surface area contributed by atoms with Gasteiger partial charge in [0.2, 0.25) is 5.91 Å². The molecule has 2 atom stereocenters. The maximum atomic E-state index is 11.5. The average molecular weight is 260 g/mol. The lowest BCUT2D eigenvalue weighted by atomic mass is 10.1. The predicted octanol–water partition coefficient (Wildman–Crippen LogP) is -0.0619. The largest absolute Gasteiger partial charge is 0.481 e. The van der Waals surface area contributed by atoms with Crippen LogP contribution in [0.25, 0.3) is 0 Å². The first kappa shape index (κ1) is 16.4. The number of amides is 1. The molecule has 0 fully saturated rings. The van der Waals surface area contributed by atoms with Gasteiger partial charge in [0, 0.05) is 6.42 Å². The number of nitrogens with one attached hydrogen (secondary N) is 1. The number of nitrogens with two attached hydrogens (primary N) is 1. The van der Waals surface area contributed by atoms with Crippen LogP contribution in [0.5, 0.6) is 0 Å². The number of hydrogen-bond donors (Lipinski definition) is 4. The quantitative estimate of drug-likeness (QED) is 0.459. The Kier molecular flexibility index (Phi) is 7.69. The van der Waals surface area contributed by atoms with E-state index in [2.05, 4.69) is 5.32 Å². The molecule has 0 aromatic carbocycles. The van der Waals surface area contributed by atoms with Crippen LogP contribution < -0.4 is 11.1 Å². The van der Waals surface area contributed by atoms with E-state index in [1.54, 1.807) is 0 Å². The lowest BCUT2D eigenvalue weighted by molar-refractivity contribution is -0.142. The van der Waals surface area contributed by atoms with Crippen LogP contribution in [0, 0.1) is 0 Å². The van der Waals surface area contributed by atoms with Crippen molar-refractivity contribution >= 4 is 17.8 Å². The Morgan fingerprint density at radius 2 is 1.83 bits per heavy atom. The number of unbranched alkanes of at least 4 members (excludes halogenated alkanes) is 1. The molecule has 104 valence electrons. The van der Waals surface area contributed by atoms with Gasteiger partial charge in [0.1, 0.15) is 6.04 Å². The van der Waals surface area contributed by atoms with E-state index in [1.165, 1.54) is 0 Å². The fourth-order valence-electron chi connectivity index (χ4n) is 1.35. The summed E-state index contributed by atoms with van der Waals surface area (Å²) in [7, 11) is 0. The summed E-state index contributed by atoms with van der Waals surface area (Å²) in [5.41, 5.74) is 5.47. The minimum absolute atomic E-state index is 0.0126. The van der Waals surface area contributed by atoms with Crippen molar-refractivity contribution in [1.82, 2.24) is 5.32 Å². The average Bonchev–Trinajstić information content (AvgIpc) is 2.30. The molecular weight excluding hydrogens is 240 g/mol. The summed E-state index contributed by atoms with van der Waals surface area (Å²) >= 11 is 0. The number of carboxylic acid groups (broad SMARTS) is 2. The standard InChI is InChI=1S/C11H20N2O5/c1-2-3-4-8(11(17)18)13-10(16)7(12)5-6-9(14)15/h7-8H,2-6,12H2,1H3,(H,13,16)(H,14,15)(H,17,18)/t7-,8+/m1/s1. The molecule has 0 aromatic rings. The zero-order valence-electron chi connectivity index (χ0n) is 10.4. The maximum absolute atomic E-state index is 11.5. The van der Waals surface area contributed by atoms with Gasteiger partial charge in [0.15, 0.2) is 0 Å². The van der Waals surface area contributed by atoms with Gasteiger partial charge < -0.3 is 21.3 Å². The molecule has 0 aliphatic heterocycles. The van der Waals surface area contributed by atoms with Gasteiger partial charge >= 0.3 is 11.9 Å². The molecule has 0 rings (SSSR count). The van der Waals surface area contributed by atoms with Crippen LogP contribution >= 0.6 is 0 Å². The van der Waals surface area contributed by atoms with Crippen molar-refractivity contribution in [3.05, 3.63) is 0 Å². The zero-order valence-corrected chi connectivity index (χ0v) is 10.4. The lowest BCUT2D eigenvalue weighted by Crippen LogP contribution is -2.48. The number of rotatable bonds is 9. The zero-order chi connectivity index (χ0) is 14.1. The van der Waals surface area contributed by atoms with Crippen LogP contribution in [0.2, 0.25) is 0 Å². The molecule has 7 heteroatoms. The number of carbonyl (C=O) groups excluding carboxylic acids is 1. The molecule has 18 heavy (non-hydrogen) atoms. The number of aliphatic carboxylic acids is 2. The van der Waals surface area contributed by atoms with Crippen molar-refractivity contribution in [3.8, 4) is 0 Å². The minimum Gasteiger partial charge on any atom is -0.481 e. The third kappa shape index (κ3) is 6.85. The molecule has 0 radical (unpaired) electrons. The van der Waals surface area contributed by atoms with Crippen molar-refractivity contribution < 1.29 is 24.6 Å². The van der Waals surface area contributed by atoms with E-state index in [0.717, 1.165) is 6.42 Å². The van der Waals surface area contributed by atoms with E-state index >= 15 is 0 Å². The second-order valence-electron chi connectivity index (χ2n) is 4.08. The van der Waals surface area contributed by atoms with Gasteiger partial charge in [-0.15, -0.1) is 0 Å². The Balaban J connectivity index is 4.22. The molecule has 7 nitrogen and oxygen atoms in total. The van der Waals surface area contributed by atoms with E-state index in [1.807, 2.05) is 6.92 Å². The summed E-state index contributed by atoms with van der Waals surface area (Å²) in [6.45, 7) is 1.92. The molecule has 0 unspecified atom stereocenters. The molecule has 0 aliphatic rings. The van der Waals surface area contributed by atoms with Crippen molar-refractivity contribution in [2.24, 2.45) is 5.73 Å². The third-order valence-electron chi connectivity index (χ3n) is 2.47. The van der Waals surface area contributed by atoms with E-state index < -0.39 is 29.9 Å². The highest BCUT2D eigenvalue weighted by Gasteiger charge is 2.22. The summed E-state index contributed by atoms with van der Waals surface area (Å²) in [5, 5.41) is 19.7. The lowest BCUT2D eigenvalue weighted by Gasteiger charge is -2.17. The van der Waals surface area contributed by atoms with Gasteiger partial charge in [0.05, 0.1) is 6.04 Å². The van der Waals surface area contributed by atoms with Gasteiger partial charge in [0.25, 0.3) is 0 Å². The van der Waals surface area contributed by atoms with Crippen molar-refractivity contribution in [1.29, 1.82) is 0 Å². The van der Waals surface area contributed by atoms with Crippen molar-refractivity contribution in [3.63, 3.8) is 0 Å². The highest BCUT2D eigenvalue weighted by Crippen LogP contribution is 2.02. The second-order valence-corrected chi connectivity index (χ2v) is 4.08. The molecule has 5 N–H and O–H groups in total. The monoisotopic (exact) mass is 260 g/mol. The first-order valence-corrected chi connectivity index (χ1v) is 5.89. The first-order valence-electron chi connectivity index (χ1n) is 5.89. The second kappa shape index (κ2) is 8.46. The fourth-order valence-corrected chi connectivity index (χ4v) is 1.35. The predicted molar refractivity (Wildman–Crippen MR) is 63.9 cm³/mol. The van der Waals surface area contributed by atoms with E-state index in [-0.39, 0.29) is 12.8 Å². The SMILES string of the molecule is CCCC[C@H](NC(=O)[C@H](N)CCC(=O)O)C(=O)O. The van der Waals surface area contributed by atoms with Crippen LogP contribution in [0.4, 0.5) is 0 Å². The highest BCUT2D eigenvalue weighted by molar-refractivity contribution is 5.87. The van der Waals surface area contributed by atoms with Crippen molar-refractivity contribution in [2.45, 2.75) is 51.1 Å². The highest BCUT2D eigenvalue weighted by atomic mass is 16.4. The maximum Gasteiger partial charge on any atom is 0.326 e. The van der Waals surface area contributed by atoms with Crippen LogP contribution in [0.1, 0.15) is 39.0 Å². The smallest absolute Gasteiger partial charge is 0.326 e. The Bertz CT molecular complexity index is 306. The van der Waals surface area contributed by atoms with Crippen LogP contribution in [0.15, 0.2) is 0 Å². The van der Waals surface area contributed by atoms with E-state index in [0.29, 0.717) is 12.8 Å². The summed E-state index contributed by atoms with van der Waals surface area (Å²) in [6.07, 6.45) is 1.61. The van der Waals surface area contributed by atoms with Gasteiger partial charge in [-0.25, -0.2) is 4.79 Å². The topological polar surface area (TPSA) is 130 Å². The molecule has 0 aromatic heterocycles. The molecule has 1 amide bonds. The van der Waals surface area contributed by atoms with Crippen LogP contribution in [-0.2, 0) is 14.4 Å². The van der Waals surface area contributed by atoms with E-state index in [4.69, 9.17) is 15.9 Å². The minimum atomic E-state index is -1.11. The Hall–Kier alpha value is -1.63. The molecule has 0 heterocycles. The van der Waals surface area contributed by atoms with Crippen LogP contribution in [-0.4, -0.2) is 40.1 Å². The van der Waals surface area contributed by atoms with Gasteiger partial charge in [-0.3, -0.25) is 9.59 Å². The molecule has 0 saturated heterocycles. The fraction of sp³-hybridized carbons (Fsp3) is 0.727. The molecule has 0 aliphatic carbocycles. The normalized spacial score (nSPS) is 13.7. The summed E-state index contributed by atoms with van der Waals surface area (Å²) in [6, 6.07) is -1.96. The summed E-state index contributed by atoms with van der Waals surface area (Å²) < 4.78 is 0. The Morgan fingerprint density at radius 3 is 2.28 bits per heavy atom. The number of carbonyl (C=O) groups is 3. The molecule has 0 bridgehead atoms. The summed E-state index contributed by atoms with van der Waals surface area (Å²) in [4.78, 5) is 32.7. The molecule has 0 spiro atoms. The van der Waals surface area contributed by atoms with Gasteiger partial charge in [-0.2, -0.15) is 0 Å². The first-order chi connectivity index (χ1) is 8.38. The number of hydrogen-bond acceptors (Lipinski definition) is 4. The molecule has 0 saturated carbocycles. The van der Waals surface area contributed by atoms with Gasteiger partial charge in [-0.05, 0) is 12.8 Å². The number of carboxylic acids is 2. The van der Waals surface area contributed by atoms with Gasteiger partial charge in [-0.1, -0.05) is 19.8 Å². The van der Waals surface area contributed by atoms with Crippen molar-refractivity contribution in [2.75, 3.05) is 0 Å². The summed E-state index contributed by atoms with van der Waals surface area (Å²) in [5.74, 6) is -2.78.